The predicted octanol–water partition coefficient (Wildman–Crippen LogP) is 1.20. The second kappa shape index (κ2) is 6.86. The van der Waals surface area contributed by atoms with Crippen LogP contribution in [0.25, 0.3) is 0 Å². The zero-order valence-corrected chi connectivity index (χ0v) is 10.5. The fourth-order valence-electron chi connectivity index (χ4n) is 1.87. The lowest BCUT2D eigenvalue weighted by atomic mass is 9.98. The molecular formula is C12H23NO3. The smallest absolute Gasteiger partial charge is 0.309 e. The largest absolute Gasteiger partial charge is 0.469 e. The zero-order chi connectivity index (χ0) is 12.0. The number of rotatable bonds is 5. The summed E-state index contributed by atoms with van der Waals surface area (Å²) in [6.45, 7) is 6.63. The van der Waals surface area contributed by atoms with Crippen molar-refractivity contribution < 1.29 is 14.3 Å². The van der Waals surface area contributed by atoms with Gasteiger partial charge < -0.3 is 14.8 Å². The Hall–Kier alpha value is -0.610. The lowest BCUT2D eigenvalue weighted by Crippen LogP contribution is -2.40. The van der Waals surface area contributed by atoms with E-state index in [0.717, 1.165) is 32.6 Å². The number of carbonyl (C=O) groups is 1. The third kappa shape index (κ3) is 4.10. The third-order valence-electron chi connectivity index (χ3n) is 3.39. The van der Waals surface area contributed by atoms with Gasteiger partial charge in [0, 0.05) is 19.3 Å². The molecular weight excluding hydrogens is 206 g/mol. The molecule has 1 aliphatic rings. The number of ether oxygens (including phenoxy) is 2. The number of hydrogen-bond acceptors (Lipinski definition) is 4. The van der Waals surface area contributed by atoms with Crippen LogP contribution in [-0.4, -0.2) is 38.9 Å². The summed E-state index contributed by atoms with van der Waals surface area (Å²) in [7, 11) is 1.43. The summed E-state index contributed by atoms with van der Waals surface area (Å²) in [5, 5.41) is 3.41. The topological polar surface area (TPSA) is 47.6 Å². The Kier molecular flexibility index (Phi) is 5.77. The minimum absolute atomic E-state index is 0.0927. The maximum Gasteiger partial charge on any atom is 0.309 e. The van der Waals surface area contributed by atoms with E-state index in [0.29, 0.717) is 5.92 Å². The zero-order valence-electron chi connectivity index (χ0n) is 10.5. The average Bonchev–Trinajstić information content (AvgIpc) is 2.35. The lowest BCUT2D eigenvalue weighted by Gasteiger charge is -2.26. The summed E-state index contributed by atoms with van der Waals surface area (Å²) in [6.07, 6.45) is 2.23. The number of nitrogens with one attached hydrogen (secondary N) is 1. The first-order chi connectivity index (χ1) is 7.65. The molecule has 16 heavy (non-hydrogen) atoms. The van der Waals surface area contributed by atoms with Crippen LogP contribution < -0.4 is 5.32 Å². The Morgan fingerprint density at radius 2 is 2.06 bits per heavy atom. The van der Waals surface area contributed by atoms with Crippen molar-refractivity contribution >= 4 is 5.97 Å². The first kappa shape index (κ1) is 13.5. The van der Waals surface area contributed by atoms with Gasteiger partial charge in [-0.1, -0.05) is 6.92 Å². The molecule has 2 unspecified atom stereocenters. The van der Waals surface area contributed by atoms with Crippen molar-refractivity contribution in [1.29, 1.82) is 0 Å². The molecule has 0 bridgehead atoms. The first-order valence-electron chi connectivity index (χ1n) is 6.04. The van der Waals surface area contributed by atoms with E-state index in [9.17, 15) is 4.79 Å². The highest BCUT2D eigenvalue weighted by atomic mass is 16.5. The molecule has 0 spiro atoms. The molecule has 1 saturated heterocycles. The Morgan fingerprint density at radius 3 is 2.62 bits per heavy atom. The van der Waals surface area contributed by atoms with Crippen molar-refractivity contribution in [1.82, 2.24) is 5.32 Å². The highest BCUT2D eigenvalue weighted by molar-refractivity contribution is 5.72. The summed E-state index contributed by atoms with van der Waals surface area (Å²) >= 11 is 0. The van der Waals surface area contributed by atoms with Crippen molar-refractivity contribution in [3.63, 3.8) is 0 Å². The minimum atomic E-state index is -0.146. The van der Waals surface area contributed by atoms with E-state index in [2.05, 4.69) is 5.32 Å². The number of hydrogen-bond donors (Lipinski definition) is 1. The van der Waals surface area contributed by atoms with E-state index in [4.69, 9.17) is 9.47 Å². The standard InChI is InChI=1S/C12H23NO3/c1-9(12(14)15-3)10(2)13-8-11-4-6-16-7-5-11/h9-11,13H,4-8H2,1-3H3. The van der Waals surface area contributed by atoms with Crippen molar-refractivity contribution in [3.05, 3.63) is 0 Å². The molecule has 0 amide bonds. The molecule has 94 valence electrons. The van der Waals surface area contributed by atoms with Crippen LogP contribution in [0, 0.1) is 11.8 Å². The molecule has 1 heterocycles. The molecule has 0 aromatic heterocycles. The molecule has 1 fully saturated rings. The summed E-state index contributed by atoms with van der Waals surface area (Å²) in [4.78, 5) is 11.3. The highest BCUT2D eigenvalue weighted by Gasteiger charge is 2.22. The molecule has 0 radical (unpaired) electrons. The van der Waals surface area contributed by atoms with Gasteiger partial charge in [-0.05, 0) is 32.2 Å². The lowest BCUT2D eigenvalue weighted by molar-refractivity contribution is -0.145. The predicted molar refractivity (Wildman–Crippen MR) is 62.2 cm³/mol. The molecule has 1 aliphatic heterocycles. The fourth-order valence-corrected chi connectivity index (χ4v) is 1.87. The van der Waals surface area contributed by atoms with Crippen LogP contribution in [0.3, 0.4) is 0 Å². The number of methoxy groups -OCH3 is 1. The van der Waals surface area contributed by atoms with Gasteiger partial charge in [-0.25, -0.2) is 0 Å². The monoisotopic (exact) mass is 229 g/mol. The second-order valence-corrected chi connectivity index (χ2v) is 4.56. The van der Waals surface area contributed by atoms with E-state index in [-0.39, 0.29) is 17.9 Å². The van der Waals surface area contributed by atoms with Gasteiger partial charge in [-0.15, -0.1) is 0 Å². The number of carbonyl (C=O) groups excluding carboxylic acids is 1. The molecule has 1 N–H and O–H groups in total. The van der Waals surface area contributed by atoms with E-state index < -0.39 is 0 Å². The Balaban J connectivity index is 2.22. The Labute approximate surface area is 97.7 Å². The molecule has 2 atom stereocenters. The molecule has 1 rings (SSSR count). The van der Waals surface area contributed by atoms with Gasteiger partial charge in [-0.2, -0.15) is 0 Å². The van der Waals surface area contributed by atoms with Crippen molar-refractivity contribution in [2.24, 2.45) is 11.8 Å². The number of esters is 1. The van der Waals surface area contributed by atoms with Crippen LogP contribution in [0.15, 0.2) is 0 Å². The Morgan fingerprint density at radius 1 is 1.44 bits per heavy atom. The minimum Gasteiger partial charge on any atom is -0.469 e. The van der Waals surface area contributed by atoms with Gasteiger partial charge >= 0.3 is 5.97 Å². The van der Waals surface area contributed by atoms with Crippen molar-refractivity contribution in [3.8, 4) is 0 Å². The van der Waals surface area contributed by atoms with Gasteiger partial charge in [-0.3, -0.25) is 4.79 Å². The van der Waals surface area contributed by atoms with Crippen molar-refractivity contribution in [2.75, 3.05) is 26.9 Å². The summed E-state index contributed by atoms with van der Waals surface area (Å²) < 4.78 is 10.0. The molecule has 0 saturated carbocycles. The quantitative estimate of drug-likeness (QED) is 0.720. The van der Waals surface area contributed by atoms with E-state index in [1.54, 1.807) is 0 Å². The molecule has 0 aromatic carbocycles. The van der Waals surface area contributed by atoms with Crippen LogP contribution in [0.1, 0.15) is 26.7 Å². The second-order valence-electron chi connectivity index (χ2n) is 4.56. The van der Waals surface area contributed by atoms with Crippen LogP contribution in [0.4, 0.5) is 0 Å². The fraction of sp³-hybridized carbons (Fsp3) is 0.917. The van der Waals surface area contributed by atoms with Crippen LogP contribution >= 0.6 is 0 Å². The van der Waals surface area contributed by atoms with E-state index in [1.807, 2.05) is 13.8 Å². The van der Waals surface area contributed by atoms with Gasteiger partial charge in [0.1, 0.15) is 0 Å². The van der Waals surface area contributed by atoms with Gasteiger partial charge in [0.25, 0.3) is 0 Å². The van der Waals surface area contributed by atoms with E-state index in [1.165, 1.54) is 7.11 Å². The first-order valence-corrected chi connectivity index (χ1v) is 6.04. The summed E-state index contributed by atoms with van der Waals surface area (Å²) in [6, 6.07) is 0.162. The van der Waals surface area contributed by atoms with Crippen LogP contribution in [0.5, 0.6) is 0 Å². The van der Waals surface area contributed by atoms with E-state index >= 15 is 0 Å². The van der Waals surface area contributed by atoms with Gasteiger partial charge in [0.05, 0.1) is 13.0 Å². The third-order valence-corrected chi connectivity index (χ3v) is 3.39. The molecule has 4 heteroatoms. The maximum atomic E-state index is 11.3. The summed E-state index contributed by atoms with van der Waals surface area (Å²) in [5.74, 6) is 0.442. The SMILES string of the molecule is COC(=O)C(C)C(C)NCC1CCOCC1. The van der Waals surface area contributed by atoms with Gasteiger partial charge in [0.15, 0.2) is 0 Å². The summed E-state index contributed by atoms with van der Waals surface area (Å²) in [5.41, 5.74) is 0. The molecule has 4 nitrogen and oxygen atoms in total. The average molecular weight is 229 g/mol. The van der Waals surface area contributed by atoms with Gasteiger partial charge in [0.2, 0.25) is 0 Å². The highest BCUT2D eigenvalue weighted by Crippen LogP contribution is 2.14. The van der Waals surface area contributed by atoms with Crippen molar-refractivity contribution in [2.45, 2.75) is 32.7 Å². The molecule has 0 aliphatic carbocycles. The molecule has 0 aromatic rings. The Bertz CT molecular complexity index is 214. The normalized spacial score (nSPS) is 21.4. The maximum absolute atomic E-state index is 11.3. The van der Waals surface area contributed by atoms with Crippen LogP contribution in [0.2, 0.25) is 0 Å². The van der Waals surface area contributed by atoms with Crippen LogP contribution in [-0.2, 0) is 14.3 Å².